The van der Waals surface area contributed by atoms with E-state index in [9.17, 15) is 14.0 Å². The number of hydrogen-bond donors (Lipinski definition) is 1. The summed E-state index contributed by atoms with van der Waals surface area (Å²) in [5, 5.41) is 2.36. The molecule has 2 rings (SSSR count). The molecule has 1 amide bonds. The van der Waals surface area contributed by atoms with Crippen LogP contribution >= 0.6 is 0 Å². The van der Waals surface area contributed by atoms with E-state index in [0.29, 0.717) is 0 Å². The zero-order valence-corrected chi connectivity index (χ0v) is 11.2. The Kier molecular flexibility index (Phi) is 4.61. The van der Waals surface area contributed by atoms with Gasteiger partial charge in [0.15, 0.2) is 6.10 Å². The SMILES string of the molecule is C[C@@H](OC(=O)c1ccccn1)C(=O)Nc1ccccc1F. The molecule has 21 heavy (non-hydrogen) atoms. The monoisotopic (exact) mass is 288 g/mol. The van der Waals surface area contributed by atoms with E-state index in [1.54, 1.807) is 18.2 Å². The van der Waals surface area contributed by atoms with Gasteiger partial charge in [-0.15, -0.1) is 0 Å². The molecule has 1 heterocycles. The molecule has 108 valence electrons. The maximum Gasteiger partial charge on any atom is 0.357 e. The van der Waals surface area contributed by atoms with Gasteiger partial charge >= 0.3 is 5.97 Å². The van der Waals surface area contributed by atoms with Crippen molar-refractivity contribution in [2.75, 3.05) is 5.32 Å². The zero-order valence-electron chi connectivity index (χ0n) is 11.2. The summed E-state index contributed by atoms with van der Waals surface area (Å²) < 4.78 is 18.4. The zero-order chi connectivity index (χ0) is 15.2. The second kappa shape index (κ2) is 6.60. The lowest BCUT2D eigenvalue weighted by Crippen LogP contribution is -2.30. The fourth-order valence-corrected chi connectivity index (χ4v) is 1.55. The standard InChI is InChI=1S/C15H13FN2O3/c1-10(21-15(20)13-8-4-5-9-17-13)14(19)18-12-7-3-2-6-11(12)16/h2-10H,1H3,(H,18,19)/t10-/m1/s1. The summed E-state index contributed by atoms with van der Waals surface area (Å²) in [7, 11) is 0. The van der Waals surface area contributed by atoms with Crippen LogP contribution in [-0.4, -0.2) is 23.0 Å². The first-order valence-electron chi connectivity index (χ1n) is 6.25. The second-order valence-electron chi connectivity index (χ2n) is 4.23. The number of ether oxygens (including phenoxy) is 1. The van der Waals surface area contributed by atoms with Crippen LogP contribution in [0.4, 0.5) is 10.1 Å². The van der Waals surface area contributed by atoms with Gasteiger partial charge in [-0.05, 0) is 31.2 Å². The van der Waals surface area contributed by atoms with Crippen molar-refractivity contribution < 1.29 is 18.7 Å². The highest BCUT2D eigenvalue weighted by molar-refractivity contribution is 5.96. The summed E-state index contributed by atoms with van der Waals surface area (Å²) >= 11 is 0. The van der Waals surface area contributed by atoms with Crippen LogP contribution in [0.2, 0.25) is 0 Å². The molecule has 0 saturated carbocycles. The molecule has 1 N–H and O–H groups in total. The molecule has 0 bridgehead atoms. The van der Waals surface area contributed by atoms with Gasteiger partial charge in [-0.25, -0.2) is 14.2 Å². The number of para-hydroxylation sites is 1. The van der Waals surface area contributed by atoms with Gasteiger partial charge in [0.05, 0.1) is 5.69 Å². The number of pyridine rings is 1. The van der Waals surface area contributed by atoms with Crippen LogP contribution < -0.4 is 5.32 Å². The maximum atomic E-state index is 13.4. The molecule has 1 atom stereocenters. The molecule has 2 aromatic rings. The summed E-state index contributed by atoms with van der Waals surface area (Å²) in [5.74, 6) is -1.90. The average Bonchev–Trinajstić information content (AvgIpc) is 2.50. The fraction of sp³-hybridized carbons (Fsp3) is 0.133. The van der Waals surface area contributed by atoms with E-state index in [-0.39, 0.29) is 11.4 Å². The van der Waals surface area contributed by atoms with E-state index in [1.807, 2.05) is 0 Å². The third-order valence-electron chi connectivity index (χ3n) is 2.66. The van der Waals surface area contributed by atoms with Crippen LogP contribution in [-0.2, 0) is 9.53 Å². The molecule has 0 radical (unpaired) electrons. The lowest BCUT2D eigenvalue weighted by Gasteiger charge is -2.13. The second-order valence-corrected chi connectivity index (χ2v) is 4.23. The van der Waals surface area contributed by atoms with Crippen molar-refractivity contribution in [1.29, 1.82) is 0 Å². The van der Waals surface area contributed by atoms with Gasteiger partial charge in [0.25, 0.3) is 5.91 Å². The molecule has 0 fully saturated rings. The number of anilines is 1. The number of carbonyl (C=O) groups is 2. The van der Waals surface area contributed by atoms with Crippen molar-refractivity contribution in [3.8, 4) is 0 Å². The van der Waals surface area contributed by atoms with Crippen LogP contribution in [0.5, 0.6) is 0 Å². The van der Waals surface area contributed by atoms with Crippen LogP contribution in [0, 0.1) is 5.82 Å². The van der Waals surface area contributed by atoms with Crippen LogP contribution in [0.3, 0.4) is 0 Å². The predicted octanol–water partition coefficient (Wildman–Crippen LogP) is 2.40. The molecule has 5 nitrogen and oxygen atoms in total. The molecule has 0 saturated heterocycles. The number of nitrogens with one attached hydrogen (secondary N) is 1. The van der Waals surface area contributed by atoms with Gasteiger partial charge in [0.1, 0.15) is 11.5 Å². The summed E-state index contributed by atoms with van der Waals surface area (Å²) in [6, 6.07) is 10.5. The molecule has 0 unspecified atom stereocenters. The fourth-order valence-electron chi connectivity index (χ4n) is 1.55. The van der Waals surface area contributed by atoms with Crippen LogP contribution in [0.25, 0.3) is 0 Å². The Labute approximate surface area is 120 Å². The van der Waals surface area contributed by atoms with Gasteiger partial charge < -0.3 is 10.1 Å². The number of benzene rings is 1. The Morgan fingerprint density at radius 2 is 1.90 bits per heavy atom. The molecule has 0 spiro atoms. The molecule has 1 aromatic carbocycles. The Morgan fingerprint density at radius 1 is 1.19 bits per heavy atom. The van der Waals surface area contributed by atoms with Crippen molar-refractivity contribution >= 4 is 17.6 Å². The van der Waals surface area contributed by atoms with E-state index in [2.05, 4.69) is 10.3 Å². The highest BCUT2D eigenvalue weighted by Crippen LogP contribution is 2.13. The quantitative estimate of drug-likeness (QED) is 0.877. The molecule has 0 aliphatic rings. The minimum Gasteiger partial charge on any atom is -0.448 e. The lowest BCUT2D eigenvalue weighted by atomic mass is 10.3. The third kappa shape index (κ3) is 3.85. The van der Waals surface area contributed by atoms with E-state index in [4.69, 9.17) is 4.74 Å². The minimum absolute atomic E-state index is 0.0308. The lowest BCUT2D eigenvalue weighted by molar-refractivity contribution is -0.123. The van der Waals surface area contributed by atoms with E-state index < -0.39 is 23.8 Å². The van der Waals surface area contributed by atoms with Gasteiger partial charge in [0.2, 0.25) is 0 Å². The third-order valence-corrected chi connectivity index (χ3v) is 2.66. The normalized spacial score (nSPS) is 11.5. The number of amides is 1. The van der Waals surface area contributed by atoms with Crippen LogP contribution in [0.15, 0.2) is 48.7 Å². The number of rotatable bonds is 4. The first-order chi connectivity index (χ1) is 10.1. The highest BCUT2D eigenvalue weighted by atomic mass is 19.1. The number of hydrogen-bond acceptors (Lipinski definition) is 4. The van der Waals surface area contributed by atoms with Gasteiger partial charge in [-0.2, -0.15) is 0 Å². The van der Waals surface area contributed by atoms with Gasteiger partial charge in [-0.1, -0.05) is 18.2 Å². The number of aromatic nitrogens is 1. The molecule has 6 heteroatoms. The first kappa shape index (κ1) is 14.6. The smallest absolute Gasteiger partial charge is 0.357 e. The Balaban J connectivity index is 1.97. The number of nitrogens with zero attached hydrogens (tertiary/aromatic N) is 1. The van der Waals surface area contributed by atoms with Crippen molar-refractivity contribution in [2.24, 2.45) is 0 Å². The molecule has 0 aliphatic carbocycles. The van der Waals surface area contributed by atoms with Crippen LogP contribution in [0.1, 0.15) is 17.4 Å². The summed E-state index contributed by atoms with van der Waals surface area (Å²) in [5.41, 5.74) is 0.131. The predicted molar refractivity (Wildman–Crippen MR) is 74.1 cm³/mol. The van der Waals surface area contributed by atoms with Crippen molar-refractivity contribution in [3.63, 3.8) is 0 Å². The first-order valence-corrected chi connectivity index (χ1v) is 6.25. The number of esters is 1. The van der Waals surface area contributed by atoms with E-state index in [1.165, 1.54) is 37.4 Å². The highest BCUT2D eigenvalue weighted by Gasteiger charge is 2.20. The number of halogens is 1. The summed E-state index contributed by atoms with van der Waals surface area (Å²) in [4.78, 5) is 27.4. The molecule has 1 aromatic heterocycles. The van der Waals surface area contributed by atoms with E-state index in [0.717, 1.165) is 0 Å². The molecular weight excluding hydrogens is 275 g/mol. The molecular formula is C15H13FN2O3. The number of carbonyl (C=O) groups excluding carboxylic acids is 2. The van der Waals surface area contributed by atoms with E-state index >= 15 is 0 Å². The van der Waals surface area contributed by atoms with Crippen molar-refractivity contribution in [2.45, 2.75) is 13.0 Å². The summed E-state index contributed by atoms with van der Waals surface area (Å²) in [6.07, 6.45) is 0.375. The Morgan fingerprint density at radius 3 is 2.57 bits per heavy atom. The van der Waals surface area contributed by atoms with Crippen molar-refractivity contribution in [3.05, 3.63) is 60.2 Å². The molecule has 0 aliphatic heterocycles. The Hall–Kier alpha value is -2.76. The largest absolute Gasteiger partial charge is 0.448 e. The van der Waals surface area contributed by atoms with Gasteiger partial charge in [0, 0.05) is 6.20 Å². The maximum absolute atomic E-state index is 13.4. The average molecular weight is 288 g/mol. The van der Waals surface area contributed by atoms with Crippen molar-refractivity contribution in [1.82, 2.24) is 4.98 Å². The Bertz CT molecular complexity index is 646. The topological polar surface area (TPSA) is 68.3 Å². The summed E-state index contributed by atoms with van der Waals surface area (Å²) in [6.45, 7) is 1.40. The van der Waals surface area contributed by atoms with Gasteiger partial charge in [-0.3, -0.25) is 4.79 Å². The minimum atomic E-state index is -1.07.